The molecule has 1 atom stereocenters. The van der Waals surface area contributed by atoms with Crippen LogP contribution in [0.4, 0.5) is 5.82 Å². The number of aryl methyl sites for hydroxylation is 1. The number of fused-ring (bicyclic) bond motifs is 1. The fraction of sp³-hybridized carbons (Fsp3) is 0.500. The Labute approximate surface area is 194 Å². The molecule has 174 valence electrons. The fourth-order valence-corrected chi connectivity index (χ4v) is 4.97. The van der Waals surface area contributed by atoms with E-state index in [1.54, 1.807) is 0 Å². The number of ether oxygens (including phenoxy) is 1. The van der Waals surface area contributed by atoms with Crippen molar-refractivity contribution in [2.45, 2.75) is 57.4 Å². The summed E-state index contributed by atoms with van der Waals surface area (Å²) in [6.07, 6.45) is 2.91. The predicted octanol–water partition coefficient (Wildman–Crippen LogP) is 4.15. The lowest BCUT2D eigenvalue weighted by Crippen LogP contribution is -2.42. The number of pyridine rings is 1. The number of nitrogens with zero attached hydrogens (tertiary/aromatic N) is 3. The Hall–Kier alpha value is -2.93. The number of hydrogen-bond acceptors (Lipinski definition) is 5. The van der Waals surface area contributed by atoms with E-state index in [1.165, 1.54) is 5.56 Å². The van der Waals surface area contributed by atoms with Crippen molar-refractivity contribution in [3.8, 4) is 0 Å². The van der Waals surface area contributed by atoms with E-state index < -0.39 is 5.41 Å². The van der Waals surface area contributed by atoms with E-state index in [0.29, 0.717) is 12.6 Å². The highest BCUT2D eigenvalue weighted by atomic mass is 16.5. The second-order valence-electron chi connectivity index (χ2n) is 9.96. The van der Waals surface area contributed by atoms with Crippen LogP contribution >= 0.6 is 0 Å². The van der Waals surface area contributed by atoms with Crippen LogP contribution in [-0.4, -0.2) is 58.3 Å². The van der Waals surface area contributed by atoms with Crippen molar-refractivity contribution in [3.63, 3.8) is 0 Å². The minimum atomic E-state index is -0.548. The quantitative estimate of drug-likeness (QED) is 0.614. The third kappa shape index (κ3) is 4.34. The number of H-pyrrole nitrogens is 1. The summed E-state index contributed by atoms with van der Waals surface area (Å²) in [7, 11) is 0. The van der Waals surface area contributed by atoms with Gasteiger partial charge in [0.1, 0.15) is 0 Å². The molecule has 1 aromatic carbocycles. The number of rotatable bonds is 5. The lowest BCUT2D eigenvalue weighted by atomic mass is 9.83. The van der Waals surface area contributed by atoms with Crippen molar-refractivity contribution in [2.75, 3.05) is 31.6 Å². The molecule has 2 aliphatic heterocycles. The highest BCUT2D eigenvalue weighted by molar-refractivity contribution is 5.88. The first-order valence-corrected chi connectivity index (χ1v) is 12.0. The van der Waals surface area contributed by atoms with E-state index in [9.17, 15) is 4.79 Å². The van der Waals surface area contributed by atoms with Crippen LogP contribution in [0.5, 0.6) is 0 Å². The third-order valence-electron chi connectivity index (χ3n) is 7.21. The smallest absolute Gasteiger partial charge is 0.232 e. The Balaban J connectivity index is 1.28. The summed E-state index contributed by atoms with van der Waals surface area (Å²) in [4.78, 5) is 20.3. The fourth-order valence-electron chi connectivity index (χ4n) is 4.97. The van der Waals surface area contributed by atoms with Crippen LogP contribution < -0.4 is 5.32 Å². The zero-order chi connectivity index (χ0) is 23.0. The van der Waals surface area contributed by atoms with Gasteiger partial charge in [0.2, 0.25) is 5.91 Å². The van der Waals surface area contributed by atoms with Crippen molar-refractivity contribution >= 4 is 22.8 Å². The van der Waals surface area contributed by atoms with Crippen LogP contribution in [0.15, 0.2) is 36.4 Å². The Morgan fingerprint density at radius 3 is 2.64 bits per heavy atom. The van der Waals surface area contributed by atoms with Crippen molar-refractivity contribution in [3.05, 3.63) is 53.2 Å². The summed E-state index contributed by atoms with van der Waals surface area (Å²) in [5, 5.41) is 12.1. The highest BCUT2D eigenvalue weighted by Gasteiger charge is 2.37. The highest BCUT2D eigenvalue weighted by Crippen LogP contribution is 2.33. The van der Waals surface area contributed by atoms with Gasteiger partial charge in [0.05, 0.1) is 10.8 Å². The Morgan fingerprint density at radius 1 is 1.12 bits per heavy atom. The molecular formula is C26H33N5O2. The molecule has 2 N–H and O–H groups in total. The van der Waals surface area contributed by atoms with E-state index in [4.69, 9.17) is 9.72 Å². The second-order valence-corrected chi connectivity index (χ2v) is 9.96. The van der Waals surface area contributed by atoms with Crippen molar-refractivity contribution < 1.29 is 9.53 Å². The molecule has 2 saturated heterocycles. The topological polar surface area (TPSA) is 83.1 Å². The molecule has 33 heavy (non-hydrogen) atoms. The van der Waals surface area contributed by atoms with Gasteiger partial charge in [-0.25, -0.2) is 4.98 Å². The Bertz CT molecular complexity index is 1130. The van der Waals surface area contributed by atoms with Crippen molar-refractivity contribution in [2.24, 2.45) is 0 Å². The molecule has 0 unspecified atom stereocenters. The van der Waals surface area contributed by atoms with Crippen LogP contribution in [0, 0.1) is 6.92 Å². The van der Waals surface area contributed by atoms with Gasteiger partial charge in [0.25, 0.3) is 0 Å². The number of anilines is 1. The first kappa shape index (κ1) is 21.9. The van der Waals surface area contributed by atoms with E-state index in [1.807, 2.05) is 18.7 Å². The zero-order valence-corrected chi connectivity index (χ0v) is 19.7. The molecule has 7 heteroatoms. The number of hydrogen-bond donors (Lipinski definition) is 2. The first-order chi connectivity index (χ1) is 15.9. The molecule has 0 radical (unpaired) electrons. The SMILES string of the molecule is Cc1ccc(C(C)(C)C(=O)N2CC[C@@H](c3ccc4c(NC5CCOCC5)n[nH]c4n3)C2)cc1. The number of carbonyl (C=O) groups excluding carboxylic acids is 1. The van der Waals surface area contributed by atoms with E-state index in [0.717, 1.165) is 67.1 Å². The number of nitrogens with one attached hydrogen (secondary N) is 2. The monoisotopic (exact) mass is 447 g/mol. The third-order valence-corrected chi connectivity index (χ3v) is 7.21. The van der Waals surface area contributed by atoms with Crippen molar-refractivity contribution in [1.82, 2.24) is 20.1 Å². The summed E-state index contributed by atoms with van der Waals surface area (Å²) in [5.41, 5.74) is 3.53. The maximum absolute atomic E-state index is 13.4. The van der Waals surface area contributed by atoms with E-state index in [-0.39, 0.29) is 11.8 Å². The van der Waals surface area contributed by atoms with Gasteiger partial charge in [-0.05, 0) is 57.7 Å². The number of amides is 1. The summed E-state index contributed by atoms with van der Waals surface area (Å²) in [6, 6.07) is 12.9. The van der Waals surface area contributed by atoms with Crippen LogP contribution in [0.1, 0.15) is 55.8 Å². The largest absolute Gasteiger partial charge is 0.381 e. The molecule has 0 bridgehead atoms. The number of aromatic nitrogens is 3. The summed E-state index contributed by atoms with van der Waals surface area (Å²) < 4.78 is 5.45. The van der Waals surface area contributed by atoms with Gasteiger partial charge in [-0.3, -0.25) is 9.89 Å². The lowest BCUT2D eigenvalue weighted by molar-refractivity contribution is -0.135. The number of carbonyl (C=O) groups is 1. The number of likely N-dealkylation sites (tertiary alicyclic amines) is 1. The van der Waals surface area contributed by atoms with Gasteiger partial charge >= 0.3 is 0 Å². The second kappa shape index (κ2) is 8.78. The summed E-state index contributed by atoms with van der Waals surface area (Å²) in [6.45, 7) is 9.16. The molecule has 7 nitrogen and oxygen atoms in total. The minimum Gasteiger partial charge on any atom is -0.381 e. The maximum atomic E-state index is 13.4. The molecule has 0 aliphatic carbocycles. The molecule has 2 fully saturated rings. The lowest BCUT2D eigenvalue weighted by Gasteiger charge is -2.30. The van der Waals surface area contributed by atoms with E-state index >= 15 is 0 Å². The molecule has 2 aliphatic rings. The Kier molecular flexibility index (Phi) is 5.83. The van der Waals surface area contributed by atoms with Gasteiger partial charge in [0, 0.05) is 44.0 Å². The molecule has 1 amide bonds. The average Bonchev–Trinajstić information content (AvgIpc) is 3.47. The predicted molar refractivity (Wildman–Crippen MR) is 129 cm³/mol. The van der Waals surface area contributed by atoms with Crippen molar-refractivity contribution in [1.29, 1.82) is 0 Å². The van der Waals surface area contributed by atoms with Gasteiger partial charge in [-0.15, -0.1) is 0 Å². The molecule has 4 heterocycles. The number of aromatic amines is 1. The maximum Gasteiger partial charge on any atom is 0.232 e. The zero-order valence-electron chi connectivity index (χ0n) is 19.7. The molecule has 5 rings (SSSR count). The van der Waals surface area contributed by atoms with Gasteiger partial charge in [-0.2, -0.15) is 5.10 Å². The minimum absolute atomic E-state index is 0.180. The van der Waals surface area contributed by atoms with Crippen LogP contribution in [0.3, 0.4) is 0 Å². The van der Waals surface area contributed by atoms with E-state index in [2.05, 4.69) is 58.8 Å². The molecule has 0 spiro atoms. The average molecular weight is 448 g/mol. The molecule has 0 saturated carbocycles. The van der Waals surface area contributed by atoms with Gasteiger partial charge in [0.15, 0.2) is 11.5 Å². The molecular weight excluding hydrogens is 414 g/mol. The molecule has 2 aromatic heterocycles. The van der Waals surface area contributed by atoms with Gasteiger partial charge in [-0.1, -0.05) is 29.8 Å². The summed E-state index contributed by atoms with van der Waals surface area (Å²) >= 11 is 0. The molecule has 3 aromatic rings. The van der Waals surface area contributed by atoms with Crippen LogP contribution in [0.2, 0.25) is 0 Å². The van der Waals surface area contributed by atoms with Gasteiger partial charge < -0.3 is 15.0 Å². The Morgan fingerprint density at radius 2 is 1.88 bits per heavy atom. The first-order valence-electron chi connectivity index (χ1n) is 12.0. The normalized spacial score (nSPS) is 19.8. The van der Waals surface area contributed by atoms with Crippen LogP contribution in [-0.2, 0) is 14.9 Å². The summed E-state index contributed by atoms with van der Waals surface area (Å²) in [5.74, 6) is 1.28. The standard InChI is InChI=1S/C26H33N5O2/c1-17-4-6-19(7-5-17)26(2,3)25(32)31-13-10-18(16-31)22-9-8-21-23(29-30-24(21)28-22)27-20-11-14-33-15-12-20/h4-9,18,20H,10-16H2,1-3H3,(H2,27,28,29,30)/t18-/m1/s1. The number of benzene rings is 1. The van der Waals surface area contributed by atoms with Crippen LogP contribution in [0.25, 0.3) is 11.0 Å².